The number of aryl methyl sites for hydroxylation is 10. The van der Waals surface area contributed by atoms with Crippen LogP contribution in [0.2, 0.25) is 0 Å². The molecule has 118 heavy (non-hydrogen) atoms. The van der Waals surface area contributed by atoms with Crippen LogP contribution < -0.4 is 38.9 Å². The van der Waals surface area contributed by atoms with E-state index in [-0.39, 0.29) is 37.2 Å². The van der Waals surface area contributed by atoms with E-state index in [1.807, 2.05) is 166 Å². The largest absolute Gasteiger partial charge is 0.508 e. The van der Waals surface area contributed by atoms with Gasteiger partial charge < -0.3 is 59.3 Å². The summed E-state index contributed by atoms with van der Waals surface area (Å²) in [5, 5.41) is 35.7. The minimum atomic E-state index is -0.862. The number of benzene rings is 5. The lowest BCUT2D eigenvalue weighted by Gasteiger charge is -2.22. The van der Waals surface area contributed by atoms with E-state index in [1.165, 1.54) is 33.4 Å². The maximum absolute atomic E-state index is 13.2. The maximum Gasteiger partial charge on any atom is 0.307 e. The fraction of sp³-hybridized carbons (Fsp3) is 0.316. The lowest BCUT2D eigenvalue weighted by molar-refractivity contribution is -0.137. The van der Waals surface area contributed by atoms with Gasteiger partial charge in [0.05, 0.1) is 59.8 Å². The Bertz CT molecular complexity index is 5310. The van der Waals surface area contributed by atoms with Gasteiger partial charge in [0, 0.05) is 97.4 Å². The van der Waals surface area contributed by atoms with Crippen molar-refractivity contribution in [3.63, 3.8) is 0 Å². The van der Waals surface area contributed by atoms with E-state index >= 15 is 0 Å². The van der Waals surface area contributed by atoms with Crippen LogP contribution in [0.25, 0.3) is 0 Å². The Balaban J connectivity index is 0.000000172. The van der Waals surface area contributed by atoms with Gasteiger partial charge in [0.15, 0.2) is 17.5 Å². The summed E-state index contributed by atoms with van der Waals surface area (Å²) >= 11 is 0. The molecule has 0 fully saturated rings. The molecule has 0 spiro atoms. The normalized spacial score (nSPS) is 12.2. The minimum Gasteiger partial charge on any atom is -0.508 e. The second-order valence-electron chi connectivity index (χ2n) is 29.0. The maximum atomic E-state index is 13.2. The number of anilines is 9. The first kappa shape index (κ1) is 89.0. The zero-order chi connectivity index (χ0) is 85.4. The van der Waals surface area contributed by atoms with Crippen LogP contribution in [-0.2, 0) is 61.0 Å². The number of hydrogen-bond acceptors (Lipinski definition) is 18. The number of carbonyl (C=O) groups is 5. The average molecular weight is 1600 g/mol. The molecule has 3 amide bonds. The Morgan fingerprint density at radius 3 is 1.00 bits per heavy atom. The minimum absolute atomic E-state index is 0.0153. The number of aliphatic carboxylic acids is 2. The Labute approximate surface area is 693 Å². The van der Waals surface area contributed by atoms with Crippen LogP contribution in [0, 0.1) is 48.5 Å². The molecular weight excluding hydrogens is 1490 g/mol. The number of carbonyl (C=O) groups excluding carboxylic acids is 3. The molecule has 0 bridgehead atoms. The highest BCUT2D eigenvalue weighted by Gasteiger charge is 2.34. The Hall–Kier alpha value is -12.9. The molecule has 0 saturated heterocycles. The van der Waals surface area contributed by atoms with E-state index in [0.29, 0.717) is 104 Å². The second kappa shape index (κ2) is 42.1. The molecule has 0 saturated carbocycles. The van der Waals surface area contributed by atoms with Gasteiger partial charge >= 0.3 is 11.9 Å². The van der Waals surface area contributed by atoms with Crippen molar-refractivity contribution < 1.29 is 53.9 Å². The number of carboxylic acid groups (broad SMARTS) is 2. The van der Waals surface area contributed by atoms with Gasteiger partial charge in [0.1, 0.15) is 34.7 Å². The van der Waals surface area contributed by atoms with Gasteiger partial charge in [-0.05, 0) is 251 Å². The van der Waals surface area contributed by atoms with Crippen molar-refractivity contribution >= 4 is 81.6 Å². The molecule has 0 radical (unpaired) electrons. The van der Waals surface area contributed by atoms with E-state index in [4.69, 9.17) is 29.9 Å². The first-order chi connectivity index (χ1) is 56.6. The number of pyridine rings is 6. The van der Waals surface area contributed by atoms with Crippen LogP contribution >= 0.6 is 0 Å². The standard InChI is InChI=1S/C25H26N4O4.C25H28N4O2.C16H18N4O2.C10H12O2.C10H14.C9H12O/c1-4-29-23-19(25(32)28(3)20-6-5-10-26-24(20)29)13-18(15-27-23)9-11-33-21-8-7-17(12-16(21)2)14-22(30)31;1-5-18-9-10-22(17(3)14-18)31-13-11-19-15-20-23(27-16-19)29(6-2)24-21(8-7-12-26-24)28(4)25(20)30;1-3-20-14-12(9-11(6-8-21)10-18-14)16(22)19(2)13-5-4-7-17-15(13)20;1-7-3-4-9(5-8(7)2)6-10(11)12;1-4-10-6-5-8(2)9(3)7-10;1-3-8-4-5-9(10)7(2)6-8/h5-8,10,12-13,15H,4,9,11,14H2,1-3H3,(H,30,31);7-10,12,14-16H,5-6,11,13H2,1-4H3;4-5,7,9-10,21H,3,6,8H2,1-2H3;3-5H,6H2,1-2H3,(H,11,12);5-7H,4H2,1-3H3;4-6,10H,3H2,1-2H3. The highest BCUT2D eigenvalue weighted by Crippen LogP contribution is 2.41. The van der Waals surface area contributed by atoms with E-state index in [0.717, 1.165) is 104 Å². The van der Waals surface area contributed by atoms with Crippen LogP contribution in [0.1, 0.15) is 156 Å². The molecule has 23 heteroatoms. The zero-order valence-corrected chi connectivity index (χ0v) is 70.7. The molecule has 616 valence electrons. The quantitative estimate of drug-likeness (QED) is 0.0551. The third-order valence-electron chi connectivity index (χ3n) is 20.8. The second-order valence-corrected chi connectivity index (χ2v) is 29.0. The van der Waals surface area contributed by atoms with Gasteiger partial charge in [-0.3, -0.25) is 24.0 Å². The van der Waals surface area contributed by atoms with E-state index in [2.05, 4.69) is 102 Å². The van der Waals surface area contributed by atoms with E-state index < -0.39 is 11.9 Å². The molecule has 0 aliphatic carbocycles. The predicted octanol–water partition coefficient (Wildman–Crippen LogP) is 17.3. The number of amides is 3. The highest BCUT2D eigenvalue weighted by atomic mass is 16.5. The summed E-state index contributed by atoms with van der Waals surface area (Å²) in [6, 6.07) is 46.5. The fourth-order valence-electron chi connectivity index (χ4n) is 13.7. The monoisotopic (exact) mass is 1590 g/mol. The number of rotatable bonds is 20. The van der Waals surface area contributed by atoms with E-state index in [9.17, 15) is 24.0 Å². The summed E-state index contributed by atoms with van der Waals surface area (Å²) in [5.41, 5.74) is 20.4. The van der Waals surface area contributed by atoms with Gasteiger partial charge in [-0.15, -0.1) is 0 Å². The van der Waals surface area contributed by atoms with Crippen molar-refractivity contribution in [2.24, 2.45) is 0 Å². The van der Waals surface area contributed by atoms with Gasteiger partial charge in [0.25, 0.3) is 17.7 Å². The zero-order valence-electron chi connectivity index (χ0n) is 70.7. The van der Waals surface area contributed by atoms with Crippen molar-refractivity contribution in [1.29, 1.82) is 0 Å². The summed E-state index contributed by atoms with van der Waals surface area (Å²) < 4.78 is 11.9. The molecule has 14 rings (SSSR count). The molecule has 5 aromatic carbocycles. The molecule has 4 N–H and O–H groups in total. The molecular formula is C95H110N12O11. The van der Waals surface area contributed by atoms with Crippen LogP contribution in [0.3, 0.4) is 0 Å². The summed E-state index contributed by atoms with van der Waals surface area (Å²) in [4.78, 5) is 98.4. The average Bonchev–Trinajstić information content (AvgIpc) is 1.64. The molecule has 9 heterocycles. The fourth-order valence-corrected chi connectivity index (χ4v) is 13.7. The number of fused-ring (bicyclic) bond motifs is 6. The Morgan fingerprint density at radius 2 is 0.669 bits per heavy atom. The Kier molecular flexibility index (Phi) is 31.8. The van der Waals surface area contributed by atoms with Crippen LogP contribution in [-0.4, -0.2) is 141 Å². The third-order valence-corrected chi connectivity index (χ3v) is 20.8. The molecule has 11 aromatic rings. The number of aromatic nitrogens is 6. The molecule has 6 aromatic heterocycles. The number of phenolic OH excluding ortho intramolecular Hbond substituents is 1. The predicted molar refractivity (Wildman–Crippen MR) is 469 cm³/mol. The molecule has 0 unspecified atom stereocenters. The van der Waals surface area contributed by atoms with Crippen molar-refractivity contribution in [1.82, 2.24) is 29.9 Å². The lowest BCUT2D eigenvalue weighted by atomic mass is 10.0. The van der Waals surface area contributed by atoms with Crippen LogP contribution in [0.5, 0.6) is 17.2 Å². The third kappa shape index (κ3) is 22.4. The summed E-state index contributed by atoms with van der Waals surface area (Å²) in [6.07, 6.45) is 15.5. The highest BCUT2D eigenvalue weighted by molar-refractivity contribution is 6.14. The van der Waals surface area contributed by atoms with Gasteiger partial charge in [-0.1, -0.05) is 93.6 Å². The summed E-state index contributed by atoms with van der Waals surface area (Å²) in [7, 11) is 5.27. The molecule has 3 aliphatic rings. The molecule has 23 nitrogen and oxygen atoms in total. The number of phenols is 1. The number of aromatic hydroxyl groups is 1. The smallest absolute Gasteiger partial charge is 0.307 e. The first-order valence-corrected chi connectivity index (χ1v) is 40.0. The topological polar surface area (TPSA) is 282 Å². The number of hydrogen-bond donors (Lipinski definition) is 4. The summed E-state index contributed by atoms with van der Waals surface area (Å²) in [6.45, 7) is 29.6. The number of carboxylic acids is 2. The number of aliphatic hydroxyl groups excluding tert-OH is 1. The number of ether oxygens (including phenoxy) is 2. The van der Waals surface area contributed by atoms with E-state index in [1.54, 1.807) is 85.0 Å². The van der Waals surface area contributed by atoms with Gasteiger partial charge in [-0.25, -0.2) is 29.9 Å². The molecule has 3 aliphatic heterocycles. The molecule has 0 atom stereocenters. The van der Waals surface area contributed by atoms with Crippen molar-refractivity contribution in [3.8, 4) is 17.2 Å². The van der Waals surface area contributed by atoms with Crippen molar-refractivity contribution in [2.75, 3.05) is 90.0 Å². The van der Waals surface area contributed by atoms with Gasteiger partial charge in [-0.2, -0.15) is 0 Å². The number of nitrogens with zero attached hydrogens (tertiary/aromatic N) is 12. The first-order valence-electron chi connectivity index (χ1n) is 40.0. The lowest BCUT2D eigenvalue weighted by Crippen LogP contribution is -2.25. The number of aliphatic hydroxyl groups is 1. The van der Waals surface area contributed by atoms with Crippen molar-refractivity contribution in [2.45, 2.75) is 141 Å². The van der Waals surface area contributed by atoms with Crippen LogP contribution in [0.4, 0.5) is 52.0 Å². The van der Waals surface area contributed by atoms with Crippen molar-refractivity contribution in [3.05, 3.63) is 283 Å². The SMILES string of the molecule is CCN1c2ncc(CCO)cc2C(=O)N(C)c2cccnc21.CCN1c2ncc(CCOc3ccc(CC(=O)O)cc3C)cc2C(=O)N(C)c2cccnc21.CCc1ccc(C)c(C)c1.CCc1ccc(O)c(C)c1.CCc1ccc(OCCc2cnc3c(c2)C(=O)N(C)c2cccnc2N3CC)c(C)c1.Cc1ccc(CC(=O)O)cc1C. The Morgan fingerprint density at radius 1 is 0.356 bits per heavy atom. The van der Waals surface area contributed by atoms with Crippen LogP contribution in [0.15, 0.2) is 183 Å². The summed E-state index contributed by atoms with van der Waals surface area (Å²) in [5.74, 6) is 4.05. The van der Waals surface area contributed by atoms with Gasteiger partial charge in [0.2, 0.25) is 0 Å².